The highest BCUT2D eigenvalue weighted by Gasteiger charge is 2.07. The number of amides is 2. The van der Waals surface area contributed by atoms with Crippen molar-refractivity contribution in [2.45, 2.75) is 19.3 Å². The minimum Gasteiger partial charge on any atom is -0.385 e. The van der Waals surface area contributed by atoms with Crippen molar-refractivity contribution in [2.75, 3.05) is 13.7 Å². The van der Waals surface area contributed by atoms with E-state index in [4.69, 9.17) is 4.74 Å². The summed E-state index contributed by atoms with van der Waals surface area (Å²) >= 11 is 0. The molecule has 2 N–H and O–H groups in total. The number of carbonyl (C=O) groups excluding carboxylic acids is 2. The van der Waals surface area contributed by atoms with E-state index in [9.17, 15) is 14.0 Å². The highest BCUT2D eigenvalue weighted by atomic mass is 19.1. The summed E-state index contributed by atoms with van der Waals surface area (Å²) in [5, 5.41) is 0. The summed E-state index contributed by atoms with van der Waals surface area (Å²) in [6.45, 7) is 0.606. The first-order valence-corrected chi connectivity index (χ1v) is 5.97. The summed E-state index contributed by atoms with van der Waals surface area (Å²) in [6, 6.07) is 5.05. The zero-order valence-corrected chi connectivity index (χ0v) is 10.7. The average molecular weight is 268 g/mol. The van der Waals surface area contributed by atoms with E-state index in [0.717, 1.165) is 6.42 Å². The Labute approximate surface area is 111 Å². The van der Waals surface area contributed by atoms with Gasteiger partial charge in [-0.25, -0.2) is 4.39 Å². The van der Waals surface area contributed by atoms with E-state index in [1.807, 2.05) is 0 Å². The fourth-order valence-corrected chi connectivity index (χ4v) is 1.39. The summed E-state index contributed by atoms with van der Waals surface area (Å²) in [6.07, 6.45) is 1.79. The van der Waals surface area contributed by atoms with Gasteiger partial charge in [0.25, 0.3) is 5.91 Å². The van der Waals surface area contributed by atoms with Crippen molar-refractivity contribution in [3.63, 3.8) is 0 Å². The van der Waals surface area contributed by atoms with Crippen LogP contribution < -0.4 is 10.9 Å². The number of hydrazine groups is 1. The fourth-order valence-electron chi connectivity index (χ4n) is 1.39. The molecule has 0 aliphatic carbocycles. The molecule has 0 aromatic heterocycles. The SMILES string of the molecule is COCCCCC(=O)NNC(=O)c1ccc(F)cc1. The monoisotopic (exact) mass is 268 g/mol. The van der Waals surface area contributed by atoms with Crippen LogP contribution in [0.5, 0.6) is 0 Å². The lowest BCUT2D eigenvalue weighted by Crippen LogP contribution is -2.41. The maximum absolute atomic E-state index is 12.7. The second-order valence-electron chi connectivity index (χ2n) is 3.96. The molecule has 104 valence electrons. The van der Waals surface area contributed by atoms with Crippen LogP contribution in [0, 0.1) is 5.82 Å². The molecule has 0 fully saturated rings. The van der Waals surface area contributed by atoms with E-state index < -0.39 is 11.7 Å². The molecule has 1 aromatic carbocycles. The summed E-state index contributed by atoms with van der Waals surface area (Å²) in [7, 11) is 1.60. The molecule has 0 heterocycles. The maximum atomic E-state index is 12.7. The third kappa shape index (κ3) is 5.96. The van der Waals surface area contributed by atoms with Gasteiger partial charge in [-0.15, -0.1) is 0 Å². The molecule has 6 heteroatoms. The van der Waals surface area contributed by atoms with Gasteiger partial charge in [0.15, 0.2) is 0 Å². The van der Waals surface area contributed by atoms with Gasteiger partial charge in [-0.2, -0.15) is 0 Å². The molecule has 0 spiro atoms. The molecular weight excluding hydrogens is 251 g/mol. The smallest absolute Gasteiger partial charge is 0.269 e. The molecule has 5 nitrogen and oxygen atoms in total. The fraction of sp³-hybridized carbons (Fsp3) is 0.385. The first-order chi connectivity index (χ1) is 9.13. The van der Waals surface area contributed by atoms with E-state index in [2.05, 4.69) is 10.9 Å². The third-order valence-corrected chi connectivity index (χ3v) is 2.42. The summed E-state index contributed by atoms with van der Waals surface area (Å²) in [5.74, 6) is -1.17. The predicted molar refractivity (Wildman–Crippen MR) is 67.7 cm³/mol. The molecule has 1 aromatic rings. The molecule has 0 unspecified atom stereocenters. The number of methoxy groups -OCH3 is 1. The number of unbranched alkanes of at least 4 members (excludes halogenated alkanes) is 1. The summed E-state index contributed by atoms with van der Waals surface area (Å²) in [5.41, 5.74) is 4.85. The molecule has 0 atom stereocenters. The molecule has 0 radical (unpaired) electrons. The van der Waals surface area contributed by atoms with E-state index in [1.54, 1.807) is 7.11 Å². The van der Waals surface area contributed by atoms with Gasteiger partial charge >= 0.3 is 0 Å². The van der Waals surface area contributed by atoms with Gasteiger partial charge in [-0.1, -0.05) is 0 Å². The lowest BCUT2D eigenvalue weighted by Gasteiger charge is -2.07. The van der Waals surface area contributed by atoms with Gasteiger partial charge in [0, 0.05) is 25.7 Å². The second-order valence-corrected chi connectivity index (χ2v) is 3.96. The van der Waals surface area contributed by atoms with Gasteiger partial charge in [0.05, 0.1) is 0 Å². The number of benzene rings is 1. The molecule has 0 aliphatic heterocycles. The van der Waals surface area contributed by atoms with Crippen LogP contribution in [-0.2, 0) is 9.53 Å². The molecular formula is C13H17FN2O3. The molecule has 0 saturated heterocycles. The predicted octanol–water partition coefficient (Wildman–Crippen LogP) is 1.40. The first-order valence-electron chi connectivity index (χ1n) is 5.97. The van der Waals surface area contributed by atoms with Gasteiger partial charge in [-0.05, 0) is 37.1 Å². The number of nitrogens with one attached hydrogen (secondary N) is 2. The number of hydrogen-bond donors (Lipinski definition) is 2. The van der Waals surface area contributed by atoms with Crippen molar-refractivity contribution in [1.82, 2.24) is 10.9 Å². The third-order valence-electron chi connectivity index (χ3n) is 2.42. The standard InChI is InChI=1S/C13H17FN2O3/c1-19-9-3-2-4-12(17)15-16-13(18)10-5-7-11(14)8-6-10/h5-8H,2-4,9H2,1H3,(H,15,17)(H,16,18). The van der Waals surface area contributed by atoms with Gasteiger partial charge in [0.2, 0.25) is 5.91 Å². The minimum atomic E-state index is -0.481. The van der Waals surface area contributed by atoms with Gasteiger partial charge in [-0.3, -0.25) is 20.4 Å². The molecule has 0 bridgehead atoms. The lowest BCUT2D eigenvalue weighted by atomic mass is 10.2. The highest BCUT2D eigenvalue weighted by Crippen LogP contribution is 2.02. The van der Waals surface area contributed by atoms with E-state index in [-0.39, 0.29) is 11.5 Å². The first kappa shape index (κ1) is 15.1. The van der Waals surface area contributed by atoms with Crippen LogP contribution in [-0.4, -0.2) is 25.5 Å². The van der Waals surface area contributed by atoms with E-state index >= 15 is 0 Å². The van der Waals surface area contributed by atoms with Crippen LogP contribution in [0.15, 0.2) is 24.3 Å². The van der Waals surface area contributed by atoms with Crippen LogP contribution in [0.3, 0.4) is 0 Å². The number of ether oxygens (including phenoxy) is 1. The summed E-state index contributed by atoms with van der Waals surface area (Å²) < 4.78 is 17.5. The number of rotatable bonds is 6. The van der Waals surface area contributed by atoms with Crippen molar-refractivity contribution in [3.05, 3.63) is 35.6 Å². The van der Waals surface area contributed by atoms with Crippen molar-refractivity contribution in [3.8, 4) is 0 Å². The molecule has 0 saturated carbocycles. The molecule has 2 amide bonds. The number of halogens is 1. The van der Waals surface area contributed by atoms with E-state index in [0.29, 0.717) is 19.4 Å². The minimum absolute atomic E-state index is 0.272. The lowest BCUT2D eigenvalue weighted by molar-refractivity contribution is -0.122. The van der Waals surface area contributed by atoms with Crippen molar-refractivity contribution in [2.24, 2.45) is 0 Å². The zero-order valence-electron chi connectivity index (χ0n) is 10.7. The zero-order chi connectivity index (χ0) is 14.1. The quantitative estimate of drug-likeness (QED) is 0.605. The van der Waals surface area contributed by atoms with Crippen molar-refractivity contribution >= 4 is 11.8 Å². The highest BCUT2D eigenvalue weighted by molar-refractivity contribution is 5.95. The van der Waals surface area contributed by atoms with Gasteiger partial charge in [0.1, 0.15) is 5.82 Å². The molecule has 1 rings (SSSR count). The topological polar surface area (TPSA) is 67.4 Å². The van der Waals surface area contributed by atoms with Crippen molar-refractivity contribution < 1.29 is 18.7 Å². The Kier molecular flexibility index (Phi) is 6.52. The second kappa shape index (κ2) is 8.20. The summed E-state index contributed by atoms with van der Waals surface area (Å²) in [4.78, 5) is 22.9. The largest absolute Gasteiger partial charge is 0.385 e. The Bertz CT molecular complexity index is 420. The van der Waals surface area contributed by atoms with Crippen LogP contribution >= 0.6 is 0 Å². The van der Waals surface area contributed by atoms with Gasteiger partial charge < -0.3 is 4.74 Å². The van der Waals surface area contributed by atoms with Crippen LogP contribution in [0.4, 0.5) is 4.39 Å². The van der Waals surface area contributed by atoms with Crippen LogP contribution in [0.1, 0.15) is 29.6 Å². The molecule has 19 heavy (non-hydrogen) atoms. The molecule has 0 aliphatic rings. The van der Waals surface area contributed by atoms with Crippen LogP contribution in [0.2, 0.25) is 0 Å². The number of carbonyl (C=O) groups is 2. The van der Waals surface area contributed by atoms with E-state index in [1.165, 1.54) is 24.3 Å². The normalized spacial score (nSPS) is 10.0. The Morgan fingerprint density at radius 3 is 2.47 bits per heavy atom. The Morgan fingerprint density at radius 2 is 1.84 bits per heavy atom. The van der Waals surface area contributed by atoms with Crippen LogP contribution in [0.25, 0.3) is 0 Å². The Morgan fingerprint density at radius 1 is 1.16 bits per heavy atom. The number of hydrogen-bond acceptors (Lipinski definition) is 3. The average Bonchev–Trinajstić information content (AvgIpc) is 2.42. The Hall–Kier alpha value is -1.95. The van der Waals surface area contributed by atoms with Crippen molar-refractivity contribution in [1.29, 1.82) is 0 Å². The Balaban J connectivity index is 2.26. The maximum Gasteiger partial charge on any atom is 0.269 e.